The van der Waals surface area contributed by atoms with Gasteiger partial charge in [0.05, 0.1) is 5.56 Å². The van der Waals surface area contributed by atoms with E-state index < -0.39 is 5.82 Å². The van der Waals surface area contributed by atoms with E-state index in [9.17, 15) is 9.18 Å². The van der Waals surface area contributed by atoms with Gasteiger partial charge < -0.3 is 4.90 Å². The van der Waals surface area contributed by atoms with E-state index in [0.717, 1.165) is 18.4 Å². The summed E-state index contributed by atoms with van der Waals surface area (Å²) in [6.07, 6.45) is 1.88. The van der Waals surface area contributed by atoms with Crippen molar-refractivity contribution in [3.63, 3.8) is 0 Å². The van der Waals surface area contributed by atoms with Crippen LogP contribution in [0, 0.1) is 18.7 Å². The van der Waals surface area contributed by atoms with Gasteiger partial charge in [-0.3, -0.25) is 4.79 Å². The van der Waals surface area contributed by atoms with E-state index in [-0.39, 0.29) is 16.8 Å². The van der Waals surface area contributed by atoms with Crippen molar-refractivity contribution in [1.29, 1.82) is 0 Å². The highest BCUT2D eigenvalue weighted by Crippen LogP contribution is 2.32. The van der Waals surface area contributed by atoms with Crippen LogP contribution < -0.4 is 0 Å². The molecule has 98 valence electrons. The number of nitrogens with zero attached hydrogens (tertiary/aromatic N) is 1. The summed E-state index contributed by atoms with van der Waals surface area (Å²) in [7, 11) is 1.71. The molecule has 1 aromatic rings. The summed E-state index contributed by atoms with van der Waals surface area (Å²) < 4.78 is 13.7. The molecule has 1 amide bonds. The van der Waals surface area contributed by atoms with Gasteiger partial charge in [-0.25, -0.2) is 4.39 Å². The van der Waals surface area contributed by atoms with Crippen molar-refractivity contribution >= 4 is 17.5 Å². The Morgan fingerprint density at radius 2 is 2.17 bits per heavy atom. The molecule has 0 spiro atoms. The summed E-state index contributed by atoms with van der Waals surface area (Å²) in [6, 6.07) is 4.69. The first kappa shape index (κ1) is 13.3. The minimum atomic E-state index is -0.448. The summed E-state index contributed by atoms with van der Waals surface area (Å²) >= 11 is 5.90. The van der Waals surface area contributed by atoms with Crippen molar-refractivity contribution in [3.05, 3.63) is 35.1 Å². The molecule has 0 unspecified atom stereocenters. The number of carbonyl (C=O) groups is 1. The largest absolute Gasteiger partial charge is 0.341 e. The molecule has 4 heteroatoms. The van der Waals surface area contributed by atoms with Crippen molar-refractivity contribution in [2.45, 2.75) is 25.1 Å². The van der Waals surface area contributed by atoms with Crippen molar-refractivity contribution in [3.8, 4) is 0 Å². The van der Waals surface area contributed by atoms with Gasteiger partial charge >= 0.3 is 0 Å². The van der Waals surface area contributed by atoms with Gasteiger partial charge in [0, 0.05) is 19.0 Å². The molecular weight excluding hydrogens is 253 g/mol. The van der Waals surface area contributed by atoms with Crippen LogP contribution in [0.5, 0.6) is 0 Å². The highest BCUT2D eigenvalue weighted by molar-refractivity contribution is 6.21. The SMILES string of the molecule is Cc1ccc(C(=O)N(C)CC2CC(Cl)C2)c(F)c1. The zero-order valence-corrected chi connectivity index (χ0v) is 11.4. The lowest BCUT2D eigenvalue weighted by molar-refractivity contribution is 0.0742. The summed E-state index contributed by atoms with van der Waals surface area (Å²) in [5, 5.41) is 0.245. The Morgan fingerprint density at radius 3 is 2.72 bits per heavy atom. The van der Waals surface area contributed by atoms with E-state index in [1.54, 1.807) is 31.0 Å². The Labute approximate surface area is 112 Å². The summed E-state index contributed by atoms with van der Waals surface area (Å²) in [6.45, 7) is 2.45. The van der Waals surface area contributed by atoms with Crippen molar-refractivity contribution in [1.82, 2.24) is 4.90 Å². The van der Waals surface area contributed by atoms with Gasteiger partial charge in [0.15, 0.2) is 0 Å². The highest BCUT2D eigenvalue weighted by atomic mass is 35.5. The highest BCUT2D eigenvalue weighted by Gasteiger charge is 2.29. The third-order valence-corrected chi connectivity index (χ3v) is 3.77. The molecule has 0 radical (unpaired) electrons. The molecule has 0 aromatic heterocycles. The Bertz CT molecular complexity index is 457. The molecule has 0 heterocycles. The number of halogens is 2. The average molecular weight is 270 g/mol. The third-order valence-electron chi connectivity index (χ3n) is 3.41. The number of carbonyl (C=O) groups excluding carboxylic acids is 1. The zero-order chi connectivity index (χ0) is 13.3. The van der Waals surface area contributed by atoms with Gasteiger partial charge in [-0.2, -0.15) is 0 Å². The maximum atomic E-state index is 13.7. The smallest absolute Gasteiger partial charge is 0.256 e. The lowest BCUT2D eigenvalue weighted by Crippen LogP contribution is -2.38. The molecule has 0 saturated heterocycles. The Hall–Kier alpha value is -1.09. The topological polar surface area (TPSA) is 20.3 Å². The van der Waals surface area contributed by atoms with Crippen LogP contribution in [0.1, 0.15) is 28.8 Å². The second kappa shape index (κ2) is 5.27. The fourth-order valence-corrected chi connectivity index (χ4v) is 2.78. The first-order valence-corrected chi connectivity index (χ1v) is 6.56. The minimum absolute atomic E-state index is 0.143. The maximum Gasteiger partial charge on any atom is 0.256 e. The minimum Gasteiger partial charge on any atom is -0.341 e. The molecule has 1 fully saturated rings. The maximum absolute atomic E-state index is 13.7. The first-order chi connectivity index (χ1) is 8.47. The van der Waals surface area contributed by atoms with Gasteiger partial charge in [-0.15, -0.1) is 11.6 Å². The Morgan fingerprint density at radius 1 is 1.50 bits per heavy atom. The van der Waals surface area contributed by atoms with E-state index in [2.05, 4.69) is 0 Å². The number of benzene rings is 1. The molecule has 18 heavy (non-hydrogen) atoms. The lowest BCUT2D eigenvalue weighted by atomic mass is 9.84. The first-order valence-electron chi connectivity index (χ1n) is 6.13. The predicted molar refractivity (Wildman–Crippen MR) is 70.5 cm³/mol. The molecule has 2 rings (SSSR count). The average Bonchev–Trinajstić information content (AvgIpc) is 2.26. The second-order valence-corrected chi connectivity index (χ2v) is 5.72. The summed E-state index contributed by atoms with van der Waals surface area (Å²) in [5.41, 5.74) is 0.959. The van der Waals surface area contributed by atoms with E-state index in [4.69, 9.17) is 11.6 Å². The molecule has 0 bridgehead atoms. The van der Waals surface area contributed by atoms with E-state index >= 15 is 0 Å². The van der Waals surface area contributed by atoms with Crippen LogP contribution in [0.25, 0.3) is 0 Å². The summed E-state index contributed by atoms with van der Waals surface area (Å²) in [4.78, 5) is 13.7. The third kappa shape index (κ3) is 2.83. The van der Waals surface area contributed by atoms with E-state index in [1.165, 1.54) is 6.07 Å². The van der Waals surface area contributed by atoms with Crippen LogP contribution in [0.3, 0.4) is 0 Å². The van der Waals surface area contributed by atoms with Gasteiger partial charge in [-0.1, -0.05) is 6.07 Å². The number of alkyl halides is 1. The van der Waals surface area contributed by atoms with Crippen molar-refractivity contribution in [2.24, 2.45) is 5.92 Å². The van der Waals surface area contributed by atoms with Crippen LogP contribution in [0.2, 0.25) is 0 Å². The summed E-state index contributed by atoms with van der Waals surface area (Å²) in [5.74, 6) is -0.254. The number of aryl methyl sites for hydroxylation is 1. The second-order valence-electron chi connectivity index (χ2n) is 5.10. The van der Waals surface area contributed by atoms with E-state index in [1.807, 2.05) is 0 Å². The molecule has 1 aliphatic rings. The Balaban J connectivity index is 2.01. The normalized spacial score (nSPS) is 22.4. The molecule has 1 aromatic carbocycles. The van der Waals surface area contributed by atoms with Crippen molar-refractivity contribution in [2.75, 3.05) is 13.6 Å². The number of amides is 1. The number of hydrogen-bond acceptors (Lipinski definition) is 1. The van der Waals surface area contributed by atoms with Gasteiger partial charge in [-0.05, 0) is 43.4 Å². The number of hydrogen-bond donors (Lipinski definition) is 0. The van der Waals surface area contributed by atoms with Gasteiger partial charge in [0.25, 0.3) is 5.91 Å². The van der Waals surface area contributed by atoms with Gasteiger partial charge in [0.1, 0.15) is 5.82 Å². The molecular formula is C14H17ClFNO. The van der Waals surface area contributed by atoms with E-state index in [0.29, 0.717) is 12.5 Å². The number of rotatable bonds is 3. The molecule has 0 aliphatic heterocycles. The van der Waals surface area contributed by atoms with Crippen molar-refractivity contribution < 1.29 is 9.18 Å². The van der Waals surface area contributed by atoms with Crippen LogP contribution >= 0.6 is 11.6 Å². The van der Waals surface area contributed by atoms with Crippen LogP contribution in [0.15, 0.2) is 18.2 Å². The van der Waals surface area contributed by atoms with Crippen LogP contribution in [-0.2, 0) is 0 Å². The molecule has 0 N–H and O–H groups in total. The lowest BCUT2D eigenvalue weighted by Gasteiger charge is -2.34. The molecule has 0 atom stereocenters. The van der Waals surface area contributed by atoms with Gasteiger partial charge in [0.2, 0.25) is 0 Å². The van der Waals surface area contributed by atoms with Crippen LogP contribution in [-0.4, -0.2) is 29.8 Å². The monoisotopic (exact) mass is 269 g/mol. The molecule has 1 saturated carbocycles. The quantitative estimate of drug-likeness (QED) is 0.772. The molecule has 1 aliphatic carbocycles. The predicted octanol–water partition coefficient (Wildman–Crippen LogP) is 3.22. The fraction of sp³-hybridized carbons (Fsp3) is 0.500. The standard InChI is InChI=1S/C14H17ClFNO/c1-9-3-4-12(13(16)5-9)14(18)17(2)8-10-6-11(15)7-10/h3-5,10-11H,6-8H2,1-2H3. The van der Waals surface area contributed by atoms with Crippen LogP contribution in [0.4, 0.5) is 4.39 Å². The fourth-order valence-electron chi connectivity index (χ4n) is 2.27. The Kier molecular flexibility index (Phi) is 3.91. The molecule has 2 nitrogen and oxygen atoms in total. The zero-order valence-electron chi connectivity index (χ0n) is 10.6.